The second-order valence-electron chi connectivity index (χ2n) is 6.79. The van der Waals surface area contributed by atoms with E-state index in [0.29, 0.717) is 0 Å². The van der Waals surface area contributed by atoms with Crippen LogP contribution in [0.1, 0.15) is 37.1 Å². The highest BCUT2D eigenvalue weighted by atomic mass is 16.3. The van der Waals surface area contributed by atoms with E-state index >= 15 is 0 Å². The average Bonchev–Trinajstić information content (AvgIpc) is 2.91. The molecule has 0 aromatic carbocycles. The minimum Gasteiger partial charge on any atom is -0.387 e. The van der Waals surface area contributed by atoms with Crippen molar-refractivity contribution in [2.75, 3.05) is 32.7 Å². The summed E-state index contributed by atoms with van der Waals surface area (Å²) in [5.41, 5.74) is 1.64. The first-order valence-corrected chi connectivity index (χ1v) is 8.23. The molecular formula is C17H27N3O. The second-order valence-corrected chi connectivity index (χ2v) is 6.79. The average molecular weight is 289 g/mol. The number of rotatable bonds is 4. The normalized spacial score (nSPS) is 28.1. The summed E-state index contributed by atoms with van der Waals surface area (Å²) in [6.45, 7) is 7.87. The van der Waals surface area contributed by atoms with Gasteiger partial charge in [-0.3, -0.25) is 9.88 Å². The van der Waals surface area contributed by atoms with Crippen LogP contribution in [0.4, 0.5) is 0 Å². The Kier molecular flexibility index (Phi) is 4.57. The molecule has 0 saturated carbocycles. The number of aryl methyl sites for hydroxylation is 1. The monoisotopic (exact) mass is 289 g/mol. The van der Waals surface area contributed by atoms with Crippen molar-refractivity contribution in [2.45, 2.75) is 44.8 Å². The van der Waals surface area contributed by atoms with Crippen molar-refractivity contribution in [3.8, 4) is 0 Å². The van der Waals surface area contributed by atoms with Gasteiger partial charge in [-0.05, 0) is 64.4 Å². The van der Waals surface area contributed by atoms with E-state index in [1.165, 1.54) is 12.8 Å². The van der Waals surface area contributed by atoms with Crippen molar-refractivity contribution in [3.05, 3.63) is 29.6 Å². The zero-order chi connectivity index (χ0) is 14.7. The van der Waals surface area contributed by atoms with Gasteiger partial charge in [-0.1, -0.05) is 6.07 Å². The van der Waals surface area contributed by atoms with E-state index in [1.54, 1.807) is 0 Å². The van der Waals surface area contributed by atoms with Gasteiger partial charge in [-0.25, -0.2) is 0 Å². The van der Waals surface area contributed by atoms with E-state index in [1.807, 2.05) is 13.0 Å². The molecule has 2 aliphatic rings. The van der Waals surface area contributed by atoms with E-state index in [2.05, 4.69) is 26.9 Å². The van der Waals surface area contributed by atoms with Crippen LogP contribution in [0, 0.1) is 6.92 Å². The SMILES string of the molecule is Cc1cccc(CN2CCCC(O)(CN3CCCC3)C2)n1. The fraction of sp³-hybridized carbons (Fsp3) is 0.706. The lowest BCUT2D eigenvalue weighted by molar-refractivity contribution is -0.0521. The molecule has 3 rings (SSSR count). The highest BCUT2D eigenvalue weighted by Crippen LogP contribution is 2.25. The van der Waals surface area contributed by atoms with Crippen LogP contribution in [-0.2, 0) is 6.54 Å². The molecule has 21 heavy (non-hydrogen) atoms. The number of piperidine rings is 1. The maximum atomic E-state index is 10.9. The number of likely N-dealkylation sites (tertiary alicyclic amines) is 2. The lowest BCUT2D eigenvalue weighted by Crippen LogP contribution is -2.53. The molecule has 4 heteroatoms. The van der Waals surface area contributed by atoms with Gasteiger partial charge in [0.05, 0.1) is 11.3 Å². The summed E-state index contributed by atoms with van der Waals surface area (Å²) in [5, 5.41) is 10.9. The number of aromatic nitrogens is 1. The molecule has 2 fully saturated rings. The molecule has 1 unspecified atom stereocenters. The third kappa shape index (κ3) is 4.02. The van der Waals surface area contributed by atoms with Crippen molar-refractivity contribution in [1.29, 1.82) is 0 Å². The summed E-state index contributed by atoms with van der Waals surface area (Å²) in [6, 6.07) is 6.18. The topological polar surface area (TPSA) is 39.6 Å². The molecule has 1 atom stereocenters. The van der Waals surface area contributed by atoms with Crippen LogP contribution >= 0.6 is 0 Å². The number of hydrogen-bond donors (Lipinski definition) is 1. The molecule has 1 aromatic rings. The van der Waals surface area contributed by atoms with Crippen molar-refractivity contribution in [2.24, 2.45) is 0 Å². The van der Waals surface area contributed by atoms with Crippen LogP contribution in [0.5, 0.6) is 0 Å². The Morgan fingerprint density at radius 1 is 1.14 bits per heavy atom. The minimum absolute atomic E-state index is 0.535. The summed E-state index contributed by atoms with van der Waals surface area (Å²) in [7, 11) is 0. The first-order valence-electron chi connectivity index (χ1n) is 8.23. The van der Waals surface area contributed by atoms with E-state index in [9.17, 15) is 5.11 Å². The molecule has 0 amide bonds. The van der Waals surface area contributed by atoms with Gasteiger partial charge in [-0.2, -0.15) is 0 Å². The Hall–Kier alpha value is -0.970. The third-order valence-corrected chi connectivity index (χ3v) is 4.68. The molecule has 1 aromatic heterocycles. The van der Waals surface area contributed by atoms with Crippen LogP contribution in [-0.4, -0.2) is 58.2 Å². The van der Waals surface area contributed by atoms with Gasteiger partial charge in [0.2, 0.25) is 0 Å². The quantitative estimate of drug-likeness (QED) is 0.918. The smallest absolute Gasteiger partial charge is 0.0900 e. The van der Waals surface area contributed by atoms with Crippen LogP contribution in [0.15, 0.2) is 18.2 Å². The lowest BCUT2D eigenvalue weighted by Gasteiger charge is -2.41. The van der Waals surface area contributed by atoms with E-state index < -0.39 is 5.60 Å². The Morgan fingerprint density at radius 2 is 1.90 bits per heavy atom. The van der Waals surface area contributed by atoms with Gasteiger partial charge in [0.1, 0.15) is 0 Å². The lowest BCUT2D eigenvalue weighted by atomic mass is 9.92. The molecule has 2 aliphatic heterocycles. The second kappa shape index (κ2) is 6.42. The van der Waals surface area contributed by atoms with Crippen LogP contribution in [0.3, 0.4) is 0 Å². The zero-order valence-corrected chi connectivity index (χ0v) is 13.1. The van der Waals surface area contributed by atoms with Gasteiger partial charge in [0, 0.05) is 25.3 Å². The number of nitrogens with zero attached hydrogens (tertiary/aromatic N) is 3. The molecule has 0 aliphatic carbocycles. The van der Waals surface area contributed by atoms with Crippen LogP contribution in [0.25, 0.3) is 0 Å². The maximum Gasteiger partial charge on any atom is 0.0900 e. The van der Waals surface area contributed by atoms with E-state index in [4.69, 9.17) is 0 Å². The standard InChI is InChI=1S/C17H27N3O/c1-15-6-4-7-16(18-15)12-20-11-5-8-17(21,14-20)13-19-9-2-3-10-19/h4,6-7,21H,2-3,5,8-14H2,1H3. The molecule has 116 valence electrons. The van der Waals surface area contributed by atoms with Gasteiger partial charge < -0.3 is 10.0 Å². The first-order chi connectivity index (χ1) is 10.1. The van der Waals surface area contributed by atoms with Gasteiger partial charge in [-0.15, -0.1) is 0 Å². The number of pyridine rings is 1. The fourth-order valence-electron chi connectivity index (χ4n) is 3.74. The molecule has 4 nitrogen and oxygen atoms in total. The summed E-state index contributed by atoms with van der Waals surface area (Å²) in [5.74, 6) is 0. The van der Waals surface area contributed by atoms with Gasteiger partial charge in [0.25, 0.3) is 0 Å². The summed E-state index contributed by atoms with van der Waals surface area (Å²) < 4.78 is 0. The van der Waals surface area contributed by atoms with Crippen molar-refractivity contribution < 1.29 is 5.11 Å². The number of aliphatic hydroxyl groups is 1. The highest BCUT2D eigenvalue weighted by Gasteiger charge is 2.35. The molecule has 0 radical (unpaired) electrons. The Morgan fingerprint density at radius 3 is 2.67 bits per heavy atom. The fourth-order valence-corrected chi connectivity index (χ4v) is 3.74. The Bertz CT molecular complexity index is 473. The summed E-state index contributed by atoms with van der Waals surface area (Å²) in [6.07, 6.45) is 4.58. The molecule has 0 spiro atoms. The predicted molar refractivity (Wildman–Crippen MR) is 84.1 cm³/mol. The van der Waals surface area contributed by atoms with Gasteiger partial charge in [0.15, 0.2) is 0 Å². The number of β-amino-alcohol motifs (C(OH)–C–C–N with tert-alkyl or cyclic N) is 1. The third-order valence-electron chi connectivity index (χ3n) is 4.68. The zero-order valence-electron chi connectivity index (χ0n) is 13.1. The predicted octanol–water partition coefficient (Wildman–Crippen LogP) is 1.81. The molecular weight excluding hydrogens is 262 g/mol. The van der Waals surface area contributed by atoms with Crippen molar-refractivity contribution >= 4 is 0 Å². The molecule has 0 bridgehead atoms. The highest BCUT2D eigenvalue weighted by molar-refractivity contribution is 5.10. The van der Waals surface area contributed by atoms with Gasteiger partial charge >= 0.3 is 0 Å². The summed E-state index contributed by atoms with van der Waals surface area (Å²) >= 11 is 0. The van der Waals surface area contributed by atoms with Crippen molar-refractivity contribution in [1.82, 2.24) is 14.8 Å². The molecule has 2 saturated heterocycles. The molecule has 3 heterocycles. The summed E-state index contributed by atoms with van der Waals surface area (Å²) in [4.78, 5) is 9.37. The van der Waals surface area contributed by atoms with E-state index in [0.717, 1.165) is 63.5 Å². The van der Waals surface area contributed by atoms with Crippen molar-refractivity contribution in [3.63, 3.8) is 0 Å². The van der Waals surface area contributed by atoms with Crippen LogP contribution < -0.4 is 0 Å². The largest absolute Gasteiger partial charge is 0.387 e. The first kappa shape index (κ1) is 14.9. The van der Waals surface area contributed by atoms with Crippen LogP contribution in [0.2, 0.25) is 0 Å². The Balaban J connectivity index is 1.59. The number of hydrogen-bond acceptors (Lipinski definition) is 4. The Labute approximate surface area is 127 Å². The minimum atomic E-state index is -0.535. The molecule has 1 N–H and O–H groups in total. The maximum absolute atomic E-state index is 10.9. The van der Waals surface area contributed by atoms with E-state index in [-0.39, 0.29) is 0 Å².